The van der Waals surface area contributed by atoms with Crippen LogP contribution in [0.5, 0.6) is 0 Å². The van der Waals surface area contributed by atoms with Gasteiger partial charge in [0.2, 0.25) is 0 Å². The molecule has 5 heteroatoms. The minimum absolute atomic E-state index is 0.157. The summed E-state index contributed by atoms with van der Waals surface area (Å²) >= 11 is 0. The van der Waals surface area contributed by atoms with E-state index in [0.717, 1.165) is 26.1 Å². The predicted octanol–water partition coefficient (Wildman–Crippen LogP) is 1.67. The second-order valence-corrected chi connectivity index (χ2v) is 7.83. The third kappa shape index (κ3) is 7.28. The van der Waals surface area contributed by atoms with Crippen molar-refractivity contribution in [1.29, 1.82) is 0 Å². The van der Waals surface area contributed by atoms with Crippen LogP contribution in [-0.4, -0.2) is 57.0 Å². The van der Waals surface area contributed by atoms with Crippen LogP contribution in [0.15, 0.2) is 0 Å². The number of sulfone groups is 1. The Kier molecular flexibility index (Phi) is 7.95. The van der Waals surface area contributed by atoms with E-state index in [2.05, 4.69) is 24.1 Å². The molecule has 1 aliphatic heterocycles. The van der Waals surface area contributed by atoms with Crippen LogP contribution in [0.2, 0.25) is 0 Å². The number of rotatable bonds is 9. The quantitative estimate of drug-likeness (QED) is 0.702. The number of nitrogens with one attached hydrogen (secondary N) is 1. The summed E-state index contributed by atoms with van der Waals surface area (Å²) in [6, 6.07) is 0.157. The van der Waals surface area contributed by atoms with Crippen LogP contribution in [0.3, 0.4) is 0 Å². The van der Waals surface area contributed by atoms with Crippen molar-refractivity contribution < 1.29 is 8.42 Å². The van der Waals surface area contributed by atoms with Gasteiger partial charge in [-0.25, -0.2) is 8.42 Å². The summed E-state index contributed by atoms with van der Waals surface area (Å²) in [5.74, 6) is 0.626. The van der Waals surface area contributed by atoms with Crippen LogP contribution >= 0.6 is 0 Å². The number of unbranched alkanes of at least 4 members (excludes halogenated alkanes) is 2. The van der Waals surface area contributed by atoms with Crippen molar-refractivity contribution in [3.05, 3.63) is 0 Å². The molecule has 0 bridgehead atoms. The number of hydrogen-bond donors (Lipinski definition) is 1. The zero-order valence-corrected chi connectivity index (χ0v) is 13.3. The maximum Gasteiger partial charge on any atom is 0.153 e. The van der Waals surface area contributed by atoms with Crippen molar-refractivity contribution in [2.24, 2.45) is 0 Å². The first-order valence-corrected chi connectivity index (χ1v) is 9.55. The van der Waals surface area contributed by atoms with Crippen molar-refractivity contribution in [3.8, 4) is 0 Å². The average molecular weight is 290 g/mol. The lowest BCUT2D eigenvalue weighted by Crippen LogP contribution is -2.46. The lowest BCUT2D eigenvalue weighted by molar-refractivity contribution is 0.251. The molecule has 0 aromatic carbocycles. The summed E-state index contributed by atoms with van der Waals surface area (Å²) in [5, 5.41) is 3.34. The molecule has 1 N–H and O–H groups in total. The van der Waals surface area contributed by atoms with Crippen molar-refractivity contribution in [3.63, 3.8) is 0 Å². The van der Waals surface area contributed by atoms with Gasteiger partial charge in [0, 0.05) is 12.6 Å². The summed E-state index contributed by atoms with van der Waals surface area (Å²) in [7, 11) is -2.79. The summed E-state index contributed by atoms with van der Waals surface area (Å²) in [4.78, 5) is 2.50. The molecule has 1 unspecified atom stereocenters. The molecule has 1 heterocycles. The minimum Gasteiger partial charge on any atom is -0.312 e. The zero-order chi connectivity index (χ0) is 14.1. The largest absolute Gasteiger partial charge is 0.312 e. The Morgan fingerprint density at radius 3 is 2.26 bits per heavy atom. The lowest BCUT2D eigenvalue weighted by Gasteiger charge is -2.27. The van der Waals surface area contributed by atoms with Gasteiger partial charge in [-0.05, 0) is 38.9 Å². The zero-order valence-electron chi connectivity index (χ0n) is 12.5. The molecule has 1 rings (SSSR count). The predicted molar refractivity (Wildman–Crippen MR) is 81.3 cm³/mol. The second-order valence-electron chi connectivity index (χ2n) is 5.60. The summed E-state index contributed by atoms with van der Waals surface area (Å²) < 4.78 is 23.2. The number of hydrogen-bond acceptors (Lipinski definition) is 4. The van der Waals surface area contributed by atoms with Gasteiger partial charge >= 0.3 is 0 Å². The van der Waals surface area contributed by atoms with Crippen LogP contribution in [0.4, 0.5) is 0 Å². The fourth-order valence-corrected chi connectivity index (χ4v) is 3.98. The van der Waals surface area contributed by atoms with E-state index in [0.29, 0.717) is 18.1 Å². The Hall–Kier alpha value is -0.130. The monoisotopic (exact) mass is 290 g/mol. The van der Waals surface area contributed by atoms with Gasteiger partial charge < -0.3 is 10.2 Å². The molecule has 1 atom stereocenters. The molecular formula is C14H30N2O2S. The first-order valence-electron chi connectivity index (χ1n) is 7.73. The molecule has 114 valence electrons. The Labute approximate surface area is 118 Å². The van der Waals surface area contributed by atoms with Gasteiger partial charge in [-0.15, -0.1) is 0 Å². The second kappa shape index (κ2) is 8.93. The molecule has 4 nitrogen and oxygen atoms in total. The van der Waals surface area contributed by atoms with Crippen molar-refractivity contribution in [1.82, 2.24) is 10.2 Å². The van der Waals surface area contributed by atoms with Gasteiger partial charge in [0.15, 0.2) is 9.84 Å². The Morgan fingerprint density at radius 2 is 1.74 bits per heavy atom. The van der Waals surface area contributed by atoms with Crippen LogP contribution in [-0.2, 0) is 9.84 Å². The normalized spacial score (nSPS) is 22.8. The van der Waals surface area contributed by atoms with Crippen molar-refractivity contribution in [2.45, 2.75) is 52.0 Å². The van der Waals surface area contributed by atoms with Crippen LogP contribution in [0.25, 0.3) is 0 Å². The smallest absolute Gasteiger partial charge is 0.153 e. The molecule has 0 saturated carbocycles. The molecular weight excluding hydrogens is 260 g/mol. The highest BCUT2D eigenvalue weighted by atomic mass is 32.2. The van der Waals surface area contributed by atoms with Gasteiger partial charge in [0.25, 0.3) is 0 Å². The fourth-order valence-electron chi connectivity index (χ4n) is 2.49. The Morgan fingerprint density at radius 1 is 1.11 bits per heavy atom. The maximum atomic E-state index is 11.6. The molecule has 19 heavy (non-hydrogen) atoms. The summed E-state index contributed by atoms with van der Waals surface area (Å²) in [6.07, 6.45) is 5.87. The van der Waals surface area contributed by atoms with Gasteiger partial charge in [-0.2, -0.15) is 0 Å². The van der Waals surface area contributed by atoms with E-state index >= 15 is 0 Å². The van der Waals surface area contributed by atoms with E-state index in [4.69, 9.17) is 0 Å². The van der Waals surface area contributed by atoms with Gasteiger partial charge in [-0.1, -0.05) is 26.7 Å². The van der Waals surface area contributed by atoms with E-state index in [9.17, 15) is 8.42 Å². The minimum atomic E-state index is -2.79. The molecule has 0 aliphatic carbocycles. The van der Waals surface area contributed by atoms with Crippen molar-refractivity contribution in [2.75, 3.05) is 37.7 Å². The van der Waals surface area contributed by atoms with E-state index in [-0.39, 0.29) is 6.04 Å². The molecule has 0 spiro atoms. The van der Waals surface area contributed by atoms with E-state index < -0.39 is 9.84 Å². The molecule has 1 aliphatic rings. The number of nitrogens with zero attached hydrogens (tertiary/aromatic N) is 1. The summed E-state index contributed by atoms with van der Waals surface area (Å²) in [5.41, 5.74) is 0. The highest BCUT2D eigenvalue weighted by Gasteiger charge is 2.24. The molecule has 0 aromatic heterocycles. The van der Waals surface area contributed by atoms with Gasteiger partial charge in [0.05, 0.1) is 11.5 Å². The van der Waals surface area contributed by atoms with Crippen LogP contribution in [0, 0.1) is 0 Å². The lowest BCUT2D eigenvalue weighted by atomic mass is 10.2. The molecule has 0 radical (unpaired) electrons. The van der Waals surface area contributed by atoms with Crippen LogP contribution < -0.4 is 5.32 Å². The van der Waals surface area contributed by atoms with Crippen molar-refractivity contribution >= 4 is 9.84 Å². The Bertz CT molecular complexity index is 322. The maximum absolute atomic E-state index is 11.6. The van der Waals surface area contributed by atoms with Crippen LogP contribution in [0.1, 0.15) is 46.0 Å². The SMILES string of the molecule is CCCCN(CCCC)CCC1CS(=O)(=O)CCN1. The standard InChI is InChI=1S/C14H30N2O2S/c1-3-5-9-16(10-6-4-2)11-7-14-13-19(17,18)12-8-15-14/h14-15H,3-13H2,1-2H3. The topological polar surface area (TPSA) is 49.4 Å². The highest BCUT2D eigenvalue weighted by Crippen LogP contribution is 2.07. The van der Waals surface area contributed by atoms with E-state index in [1.807, 2.05) is 0 Å². The van der Waals surface area contributed by atoms with Gasteiger partial charge in [0.1, 0.15) is 0 Å². The first-order chi connectivity index (χ1) is 9.07. The molecule has 0 aromatic rings. The summed E-state index contributed by atoms with van der Waals surface area (Å²) in [6.45, 7) is 8.37. The van der Waals surface area contributed by atoms with Gasteiger partial charge in [-0.3, -0.25) is 0 Å². The third-order valence-electron chi connectivity index (χ3n) is 3.75. The van der Waals surface area contributed by atoms with E-state index in [1.165, 1.54) is 25.7 Å². The Balaban J connectivity index is 2.32. The fraction of sp³-hybridized carbons (Fsp3) is 1.00. The molecule has 1 fully saturated rings. The molecule has 1 saturated heterocycles. The first kappa shape index (κ1) is 16.9. The average Bonchev–Trinajstić information content (AvgIpc) is 2.37. The van der Waals surface area contributed by atoms with E-state index in [1.54, 1.807) is 0 Å². The molecule has 0 amide bonds. The third-order valence-corrected chi connectivity index (χ3v) is 5.49. The highest BCUT2D eigenvalue weighted by molar-refractivity contribution is 7.91.